The third kappa shape index (κ3) is 3.28. The van der Waals surface area contributed by atoms with Crippen molar-refractivity contribution in [2.24, 2.45) is 16.5 Å². The largest absolute Gasteiger partial charge is 0.370 e. The van der Waals surface area contributed by atoms with Crippen molar-refractivity contribution in [3.8, 4) is 0 Å². The summed E-state index contributed by atoms with van der Waals surface area (Å²) in [5, 5.41) is 2.44. The number of imide groups is 1. The molecule has 1 aromatic heterocycles. The van der Waals surface area contributed by atoms with Crippen LogP contribution in [0.4, 0.5) is 5.13 Å². The van der Waals surface area contributed by atoms with Crippen LogP contribution in [0.25, 0.3) is 0 Å². The highest BCUT2D eigenvalue weighted by molar-refractivity contribution is 7.13. The Morgan fingerprint density at radius 3 is 2.42 bits per heavy atom. The van der Waals surface area contributed by atoms with E-state index in [4.69, 9.17) is 11.5 Å². The number of guanidine groups is 1. The molecule has 1 aliphatic rings. The van der Waals surface area contributed by atoms with Crippen molar-refractivity contribution >= 4 is 34.2 Å². The Labute approximate surface area is 143 Å². The lowest BCUT2D eigenvalue weighted by molar-refractivity contribution is 0.0652. The number of carbonyl (C=O) groups excluding carboxylic acids is 2. The van der Waals surface area contributed by atoms with Crippen molar-refractivity contribution in [2.75, 3.05) is 6.54 Å². The van der Waals surface area contributed by atoms with Crippen LogP contribution in [-0.4, -0.2) is 34.2 Å². The van der Waals surface area contributed by atoms with Gasteiger partial charge in [0.05, 0.1) is 16.8 Å². The molecule has 3 rings (SSSR count). The Balaban J connectivity index is 1.51. The van der Waals surface area contributed by atoms with Gasteiger partial charge >= 0.3 is 0 Å². The van der Waals surface area contributed by atoms with Gasteiger partial charge in [-0.25, -0.2) is 4.98 Å². The number of amides is 2. The molecule has 8 heteroatoms. The molecule has 0 radical (unpaired) electrons. The Morgan fingerprint density at radius 1 is 1.12 bits per heavy atom. The van der Waals surface area contributed by atoms with Gasteiger partial charge in [0, 0.05) is 11.9 Å². The van der Waals surface area contributed by atoms with E-state index in [-0.39, 0.29) is 17.8 Å². The first-order valence-corrected chi connectivity index (χ1v) is 8.43. The maximum atomic E-state index is 12.2. The summed E-state index contributed by atoms with van der Waals surface area (Å²) in [4.78, 5) is 34.0. The molecular formula is C16H17N5O2S. The monoisotopic (exact) mass is 343 g/mol. The van der Waals surface area contributed by atoms with Crippen molar-refractivity contribution in [3.05, 3.63) is 46.5 Å². The molecule has 0 unspecified atom stereocenters. The van der Waals surface area contributed by atoms with Gasteiger partial charge in [-0.3, -0.25) is 14.5 Å². The first kappa shape index (κ1) is 16.1. The lowest BCUT2D eigenvalue weighted by atomic mass is 10.1. The van der Waals surface area contributed by atoms with Crippen LogP contribution in [0, 0.1) is 0 Å². The van der Waals surface area contributed by atoms with Crippen molar-refractivity contribution < 1.29 is 9.59 Å². The molecule has 0 fully saturated rings. The average molecular weight is 343 g/mol. The minimum Gasteiger partial charge on any atom is -0.370 e. The Morgan fingerprint density at radius 2 is 1.79 bits per heavy atom. The van der Waals surface area contributed by atoms with Crippen LogP contribution in [0.5, 0.6) is 0 Å². The molecule has 1 aliphatic heterocycles. The van der Waals surface area contributed by atoms with E-state index in [9.17, 15) is 9.59 Å². The van der Waals surface area contributed by atoms with E-state index in [0.717, 1.165) is 25.0 Å². The number of nitrogens with zero attached hydrogens (tertiary/aromatic N) is 3. The molecule has 0 bridgehead atoms. The van der Waals surface area contributed by atoms with Crippen LogP contribution >= 0.6 is 11.3 Å². The van der Waals surface area contributed by atoms with Gasteiger partial charge in [0.15, 0.2) is 5.96 Å². The fraction of sp³-hybridized carbons (Fsp3) is 0.250. The molecular weight excluding hydrogens is 326 g/mol. The molecule has 0 atom stereocenters. The van der Waals surface area contributed by atoms with Gasteiger partial charge in [0.1, 0.15) is 0 Å². The second-order valence-electron chi connectivity index (χ2n) is 5.42. The SMILES string of the molecule is NC(N)=Nc1nc(CCCCN2C(=O)c3ccccc3C2=O)cs1. The molecule has 1 aromatic carbocycles. The molecule has 7 nitrogen and oxygen atoms in total. The summed E-state index contributed by atoms with van der Waals surface area (Å²) in [6, 6.07) is 6.92. The standard InChI is InChI=1S/C16H17N5O2S/c17-15(18)20-16-19-10(9-24-16)5-3-4-8-21-13(22)11-6-1-2-7-12(11)14(21)23/h1-2,6-7,9H,3-5,8H2,(H4,17,18,19,20). The fourth-order valence-electron chi connectivity index (χ4n) is 2.59. The molecule has 4 N–H and O–H groups in total. The van der Waals surface area contributed by atoms with E-state index >= 15 is 0 Å². The number of benzene rings is 1. The first-order valence-electron chi connectivity index (χ1n) is 7.55. The van der Waals surface area contributed by atoms with Crippen molar-refractivity contribution in [3.63, 3.8) is 0 Å². The van der Waals surface area contributed by atoms with E-state index in [1.807, 2.05) is 5.38 Å². The van der Waals surface area contributed by atoms with Crippen molar-refractivity contribution in [1.29, 1.82) is 0 Å². The highest BCUT2D eigenvalue weighted by Gasteiger charge is 2.34. The van der Waals surface area contributed by atoms with E-state index in [0.29, 0.717) is 22.8 Å². The molecule has 2 amide bonds. The van der Waals surface area contributed by atoms with Crippen LogP contribution in [0.1, 0.15) is 39.3 Å². The number of carbonyl (C=O) groups is 2. The Kier molecular flexibility index (Phi) is 4.57. The first-order chi connectivity index (χ1) is 11.6. The number of thiazole rings is 1. The number of hydrogen-bond donors (Lipinski definition) is 2. The van der Waals surface area contributed by atoms with Gasteiger partial charge < -0.3 is 11.5 Å². The lowest BCUT2D eigenvalue weighted by Gasteiger charge is -2.13. The minimum atomic E-state index is -0.209. The number of aliphatic imine (C=N–C) groups is 1. The van der Waals surface area contributed by atoms with Gasteiger partial charge in [-0.2, -0.15) is 4.99 Å². The minimum absolute atomic E-state index is 0.0125. The molecule has 2 aromatic rings. The number of aromatic nitrogens is 1. The normalized spacial score (nSPS) is 13.2. The van der Waals surface area contributed by atoms with E-state index in [1.54, 1.807) is 24.3 Å². The second kappa shape index (κ2) is 6.79. The zero-order valence-electron chi connectivity index (χ0n) is 12.9. The highest BCUT2D eigenvalue weighted by Crippen LogP contribution is 2.23. The number of fused-ring (bicyclic) bond motifs is 1. The number of hydrogen-bond acceptors (Lipinski definition) is 5. The summed E-state index contributed by atoms with van der Waals surface area (Å²) < 4.78 is 0. The fourth-order valence-corrected chi connectivity index (χ4v) is 3.33. The molecule has 0 saturated heterocycles. The van der Waals surface area contributed by atoms with Crippen molar-refractivity contribution in [1.82, 2.24) is 9.88 Å². The van der Waals surface area contributed by atoms with E-state index in [1.165, 1.54) is 16.2 Å². The third-order valence-corrected chi connectivity index (χ3v) is 4.49. The van der Waals surface area contributed by atoms with Gasteiger partial charge in [-0.15, -0.1) is 11.3 Å². The van der Waals surface area contributed by atoms with Gasteiger partial charge in [-0.05, 0) is 31.4 Å². The van der Waals surface area contributed by atoms with Crippen LogP contribution in [0.3, 0.4) is 0 Å². The smallest absolute Gasteiger partial charge is 0.261 e. The summed E-state index contributed by atoms with van der Waals surface area (Å²) in [5.41, 5.74) is 12.5. The molecule has 24 heavy (non-hydrogen) atoms. The maximum absolute atomic E-state index is 12.2. The molecule has 0 aliphatic carbocycles. The summed E-state index contributed by atoms with van der Waals surface area (Å²) >= 11 is 1.38. The van der Waals surface area contributed by atoms with Gasteiger partial charge in [0.25, 0.3) is 11.8 Å². The molecule has 0 saturated carbocycles. The third-order valence-electron chi connectivity index (χ3n) is 3.71. The average Bonchev–Trinajstić information content (AvgIpc) is 3.09. The quantitative estimate of drug-likeness (QED) is 0.358. The maximum Gasteiger partial charge on any atom is 0.261 e. The second-order valence-corrected chi connectivity index (χ2v) is 6.26. The van der Waals surface area contributed by atoms with Crippen LogP contribution in [-0.2, 0) is 6.42 Å². The number of nitrogens with two attached hydrogens (primary N) is 2. The van der Waals surface area contributed by atoms with Crippen LogP contribution in [0.2, 0.25) is 0 Å². The number of rotatable bonds is 6. The summed E-state index contributed by atoms with van der Waals surface area (Å²) in [7, 11) is 0. The predicted octanol–water partition coefficient (Wildman–Crippen LogP) is 1.67. The summed E-state index contributed by atoms with van der Waals surface area (Å²) in [5.74, 6) is -0.430. The zero-order chi connectivity index (χ0) is 17.1. The highest BCUT2D eigenvalue weighted by atomic mass is 32.1. The Bertz CT molecular complexity index is 775. The topological polar surface area (TPSA) is 115 Å². The van der Waals surface area contributed by atoms with Gasteiger partial charge in [-0.1, -0.05) is 12.1 Å². The van der Waals surface area contributed by atoms with Gasteiger partial charge in [0.2, 0.25) is 5.13 Å². The lowest BCUT2D eigenvalue weighted by Crippen LogP contribution is -2.30. The van der Waals surface area contributed by atoms with Crippen molar-refractivity contribution in [2.45, 2.75) is 19.3 Å². The number of aryl methyl sites for hydroxylation is 1. The molecule has 124 valence electrons. The Hall–Kier alpha value is -2.74. The molecule has 0 spiro atoms. The van der Waals surface area contributed by atoms with Crippen LogP contribution < -0.4 is 11.5 Å². The predicted molar refractivity (Wildman–Crippen MR) is 92.3 cm³/mol. The number of unbranched alkanes of at least 4 members (excludes halogenated alkanes) is 1. The molecule has 2 heterocycles. The van der Waals surface area contributed by atoms with E-state index < -0.39 is 0 Å². The zero-order valence-corrected chi connectivity index (χ0v) is 13.8. The summed E-state index contributed by atoms with van der Waals surface area (Å²) in [6.07, 6.45) is 2.29. The summed E-state index contributed by atoms with van der Waals surface area (Å²) in [6.45, 7) is 0.414. The van der Waals surface area contributed by atoms with E-state index in [2.05, 4.69) is 9.98 Å². The van der Waals surface area contributed by atoms with Crippen LogP contribution in [0.15, 0.2) is 34.6 Å².